The van der Waals surface area contributed by atoms with Gasteiger partial charge in [-0.3, -0.25) is 0 Å². The molecule has 1 unspecified atom stereocenters. The molecule has 1 nitrogen and oxygen atoms in total. The molecule has 0 rings (SSSR count). The fraction of sp³-hybridized carbons (Fsp3) is 0.692. The van der Waals surface area contributed by atoms with Crippen LogP contribution in [0.3, 0.4) is 0 Å². The van der Waals surface area contributed by atoms with Gasteiger partial charge in [-0.15, -0.1) is 0 Å². The van der Waals surface area contributed by atoms with Gasteiger partial charge in [0, 0.05) is 6.54 Å². The lowest BCUT2D eigenvalue weighted by molar-refractivity contribution is 0.572. The van der Waals surface area contributed by atoms with Crippen molar-refractivity contribution in [1.82, 2.24) is 5.32 Å². The molecule has 1 N–H and O–H groups in total. The van der Waals surface area contributed by atoms with E-state index in [4.69, 9.17) is 0 Å². The van der Waals surface area contributed by atoms with Crippen molar-refractivity contribution in [2.75, 3.05) is 13.1 Å². The van der Waals surface area contributed by atoms with Crippen LogP contribution in [0.15, 0.2) is 24.3 Å². The van der Waals surface area contributed by atoms with Crippen LogP contribution in [0.2, 0.25) is 0 Å². The van der Waals surface area contributed by atoms with Crippen LogP contribution >= 0.6 is 0 Å². The highest BCUT2D eigenvalue weighted by atomic mass is 14.8. The third kappa shape index (κ3) is 9.53. The van der Waals surface area contributed by atoms with Crippen LogP contribution in [0.4, 0.5) is 0 Å². The summed E-state index contributed by atoms with van der Waals surface area (Å²) in [6, 6.07) is 0. The molecule has 0 aromatic heterocycles. The largest absolute Gasteiger partial charge is 0.313 e. The summed E-state index contributed by atoms with van der Waals surface area (Å²) in [4.78, 5) is 0. The summed E-state index contributed by atoms with van der Waals surface area (Å²) < 4.78 is 0. The van der Waals surface area contributed by atoms with Gasteiger partial charge in [0.2, 0.25) is 0 Å². The predicted molar refractivity (Wildman–Crippen MR) is 65.5 cm³/mol. The van der Waals surface area contributed by atoms with E-state index in [1.54, 1.807) is 0 Å². The zero-order valence-electron chi connectivity index (χ0n) is 9.92. The lowest BCUT2D eigenvalue weighted by atomic mass is 10.1. The van der Waals surface area contributed by atoms with Gasteiger partial charge in [-0.2, -0.15) is 0 Å². The highest BCUT2D eigenvalue weighted by Gasteiger charge is 1.91. The standard InChI is InChI=1S/C13H25N/c1-4-11-14-12-9-7-6-8-10-13(3)5-2/h6-9,13-14H,4-5,10-12H2,1-3H3/b8-6-,9-7-. The average Bonchev–Trinajstić information content (AvgIpc) is 2.21. The van der Waals surface area contributed by atoms with E-state index in [1.165, 1.54) is 19.3 Å². The van der Waals surface area contributed by atoms with Gasteiger partial charge in [0.05, 0.1) is 0 Å². The van der Waals surface area contributed by atoms with Crippen LogP contribution in [0.25, 0.3) is 0 Å². The normalized spacial score (nSPS) is 14.2. The Kier molecular flexibility index (Phi) is 10.1. The third-order valence-corrected chi connectivity index (χ3v) is 2.31. The van der Waals surface area contributed by atoms with Crippen molar-refractivity contribution in [2.24, 2.45) is 5.92 Å². The highest BCUT2D eigenvalue weighted by Crippen LogP contribution is 2.06. The molecule has 0 heterocycles. The summed E-state index contributed by atoms with van der Waals surface area (Å²) >= 11 is 0. The lowest BCUT2D eigenvalue weighted by Crippen LogP contribution is -2.13. The maximum Gasteiger partial charge on any atom is 0.0137 e. The molecule has 0 fully saturated rings. The Bertz CT molecular complexity index is 159. The van der Waals surface area contributed by atoms with E-state index in [2.05, 4.69) is 50.4 Å². The van der Waals surface area contributed by atoms with E-state index in [1.807, 2.05) is 0 Å². The molecule has 1 heteroatoms. The van der Waals surface area contributed by atoms with Crippen LogP contribution in [0, 0.1) is 5.92 Å². The molecule has 0 aromatic rings. The van der Waals surface area contributed by atoms with Gasteiger partial charge in [-0.25, -0.2) is 0 Å². The van der Waals surface area contributed by atoms with E-state index >= 15 is 0 Å². The maximum atomic E-state index is 3.33. The number of hydrogen-bond acceptors (Lipinski definition) is 1. The van der Waals surface area contributed by atoms with Crippen LogP contribution in [-0.4, -0.2) is 13.1 Å². The number of rotatable bonds is 8. The first-order valence-electron chi connectivity index (χ1n) is 5.83. The van der Waals surface area contributed by atoms with E-state index in [0.717, 1.165) is 19.0 Å². The summed E-state index contributed by atoms with van der Waals surface area (Å²) in [6.45, 7) is 8.81. The van der Waals surface area contributed by atoms with Gasteiger partial charge >= 0.3 is 0 Å². The van der Waals surface area contributed by atoms with Gasteiger partial charge < -0.3 is 5.32 Å². The Morgan fingerprint density at radius 1 is 1.14 bits per heavy atom. The van der Waals surface area contributed by atoms with E-state index in [0.29, 0.717) is 0 Å². The molecule has 0 aromatic carbocycles. The van der Waals surface area contributed by atoms with Gasteiger partial charge in [-0.1, -0.05) is 51.5 Å². The Hall–Kier alpha value is -0.560. The number of hydrogen-bond donors (Lipinski definition) is 1. The molecular formula is C13H25N. The Labute approximate surface area is 89.3 Å². The molecule has 0 bridgehead atoms. The van der Waals surface area contributed by atoms with Crippen LogP contribution in [0.5, 0.6) is 0 Å². The average molecular weight is 195 g/mol. The zero-order chi connectivity index (χ0) is 10.6. The zero-order valence-corrected chi connectivity index (χ0v) is 9.92. The first-order valence-corrected chi connectivity index (χ1v) is 5.83. The second-order valence-electron chi connectivity index (χ2n) is 3.81. The van der Waals surface area contributed by atoms with Crippen LogP contribution in [-0.2, 0) is 0 Å². The van der Waals surface area contributed by atoms with Crippen LogP contribution < -0.4 is 5.32 Å². The molecule has 0 aliphatic heterocycles. The second kappa shape index (κ2) is 10.5. The molecule has 0 amide bonds. The van der Waals surface area contributed by atoms with Crippen molar-refractivity contribution in [3.05, 3.63) is 24.3 Å². The van der Waals surface area contributed by atoms with Crippen molar-refractivity contribution in [2.45, 2.75) is 40.0 Å². The van der Waals surface area contributed by atoms with E-state index in [9.17, 15) is 0 Å². The molecular weight excluding hydrogens is 170 g/mol. The summed E-state index contributed by atoms with van der Waals surface area (Å²) in [5.41, 5.74) is 0. The van der Waals surface area contributed by atoms with Crippen LogP contribution in [0.1, 0.15) is 40.0 Å². The minimum absolute atomic E-state index is 0.817. The summed E-state index contributed by atoms with van der Waals surface area (Å²) in [6.07, 6.45) is 12.4. The van der Waals surface area contributed by atoms with Gasteiger partial charge in [0.15, 0.2) is 0 Å². The Balaban J connectivity index is 3.32. The Morgan fingerprint density at radius 2 is 1.86 bits per heavy atom. The second-order valence-corrected chi connectivity index (χ2v) is 3.81. The molecule has 0 spiro atoms. The molecule has 0 aliphatic carbocycles. The highest BCUT2D eigenvalue weighted by molar-refractivity contribution is 5.03. The fourth-order valence-electron chi connectivity index (χ4n) is 1.06. The van der Waals surface area contributed by atoms with Crippen molar-refractivity contribution >= 4 is 0 Å². The van der Waals surface area contributed by atoms with Crippen molar-refractivity contribution < 1.29 is 0 Å². The fourth-order valence-corrected chi connectivity index (χ4v) is 1.06. The minimum Gasteiger partial charge on any atom is -0.313 e. The Morgan fingerprint density at radius 3 is 2.50 bits per heavy atom. The first-order chi connectivity index (χ1) is 6.81. The summed E-state index contributed by atoms with van der Waals surface area (Å²) in [5, 5.41) is 3.33. The third-order valence-electron chi connectivity index (χ3n) is 2.31. The van der Waals surface area contributed by atoms with Gasteiger partial charge in [0.25, 0.3) is 0 Å². The molecule has 14 heavy (non-hydrogen) atoms. The minimum atomic E-state index is 0.817. The monoisotopic (exact) mass is 195 g/mol. The molecule has 1 atom stereocenters. The molecule has 0 saturated heterocycles. The maximum absolute atomic E-state index is 3.33. The van der Waals surface area contributed by atoms with Crippen molar-refractivity contribution in [3.8, 4) is 0 Å². The van der Waals surface area contributed by atoms with Crippen molar-refractivity contribution in [1.29, 1.82) is 0 Å². The first kappa shape index (κ1) is 13.4. The molecule has 0 saturated carbocycles. The van der Waals surface area contributed by atoms with Gasteiger partial charge in [0.1, 0.15) is 0 Å². The van der Waals surface area contributed by atoms with Crippen molar-refractivity contribution in [3.63, 3.8) is 0 Å². The summed E-state index contributed by atoms with van der Waals surface area (Å²) in [7, 11) is 0. The van der Waals surface area contributed by atoms with E-state index < -0.39 is 0 Å². The smallest absolute Gasteiger partial charge is 0.0137 e. The quantitative estimate of drug-likeness (QED) is 0.461. The van der Waals surface area contributed by atoms with E-state index in [-0.39, 0.29) is 0 Å². The number of allylic oxidation sites excluding steroid dienone is 3. The molecule has 0 radical (unpaired) electrons. The lowest BCUT2D eigenvalue weighted by Gasteiger charge is -2.01. The number of nitrogens with one attached hydrogen (secondary N) is 1. The summed E-state index contributed by atoms with van der Waals surface area (Å²) in [5.74, 6) is 0.817. The molecule has 82 valence electrons. The van der Waals surface area contributed by atoms with Gasteiger partial charge in [-0.05, 0) is 25.3 Å². The topological polar surface area (TPSA) is 12.0 Å². The SMILES string of the molecule is CCCNC/C=C\C=C/CC(C)CC. The predicted octanol–water partition coefficient (Wildman–Crippen LogP) is 3.53. The molecule has 0 aliphatic rings.